The first kappa shape index (κ1) is 28.4. The van der Waals surface area contributed by atoms with Crippen LogP contribution in [0.25, 0.3) is 0 Å². The number of carbonyl (C=O) groups is 1. The van der Waals surface area contributed by atoms with Crippen LogP contribution in [0.15, 0.2) is 38.6 Å². The molecule has 3 heterocycles. The van der Waals surface area contributed by atoms with Crippen molar-refractivity contribution in [2.45, 2.75) is 57.2 Å². The zero-order chi connectivity index (χ0) is 27.0. The minimum absolute atomic E-state index is 0.0322. The minimum atomic E-state index is -5.15. The Morgan fingerprint density at radius 3 is 2.70 bits per heavy atom. The molecule has 202 valence electrons. The van der Waals surface area contributed by atoms with Gasteiger partial charge in [-0.1, -0.05) is 19.3 Å². The third-order valence-electron chi connectivity index (χ3n) is 5.48. The molecule has 2 aromatic heterocycles. The summed E-state index contributed by atoms with van der Waals surface area (Å²) in [6, 6.07) is 2.42. The Morgan fingerprint density at radius 1 is 1.27 bits per heavy atom. The fraction of sp³-hybridized carbons (Fsp3) is 0.542. The van der Waals surface area contributed by atoms with Gasteiger partial charge in [-0.2, -0.15) is 17.7 Å². The molecular formula is C24H27F3N2O8. The van der Waals surface area contributed by atoms with Gasteiger partial charge in [0.1, 0.15) is 31.3 Å². The topological polar surface area (TPSA) is 111 Å². The van der Waals surface area contributed by atoms with Gasteiger partial charge in [-0.05, 0) is 18.6 Å². The third-order valence-corrected chi connectivity index (χ3v) is 5.48. The zero-order valence-corrected chi connectivity index (χ0v) is 20.3. The molecule has 0 bridgehead atoms. The van der Waals surface area contributed by atoms with Gasteiger partial charge >= 0.3 is 17.8 Å². The monoisotopic (exact) mass is 528 g/mol. The van der Waals surface area contributed by atoms with Crippen molar-refractivity contribution in [3.05, 3.63) is 56.8 Å². The number of unbranched alkanes of at least 4 members (excludes halogenated alkanes) is 2. The van der Waals surface area contributed by atoms with E-state index in [1.54, 1.807) is 0 Å². The molecule has 2 aromatic rings. The predicted molar refractivity (Wildman–Crippen MR) is 122 cm³/mol. The van der Waals surface area contributed by atoms with Gasteiger partial charge in [0.05, 0.1) is 19.0 Å². The molecule has 1 fully saturated rings. The number of hydrogen-bond donors (Lipinski definition) is 0. The molecule has 10 nitrogen and oxygen atoms in total. The standard InChI is InChI=1S/C24H27F3N2O8/c1-3-4-5-6-7-10-36-18-12-20(37-19(18)14-34-15-33-2)28-13-16(24(25,26)27)21(30)29(23(28)32)22(31)17-9-8-11-35-17/h8-9,11,13,18-20H,3-5,10,12,14-15H2,1-2H3/t18-,19+,20+/m0/s1. The van der Waals surface area contributed by atoms with E-state index in [-0.39, 0.29) is 31.0 Å². The molecule has 3 rings (SSSR count). The van der Waals surface area contributed by atoms with E-state index in [0.717, 1.165) is 25.2 Å². The summed E-state index contributed by atoms with van der Waals surface area (Å²) in [5.74, 6) is 4.01. The zero-order valence-electron chi connectivity index (χ0n) is 20.3. The molecule has 0 aliphatic carbocycles. The van der Waals surface area contributed by atoms with Gasteiger partial charge in [0.15, 0.2) is 5.76 Å². The molecule has 0 unspecified atom stereocenters. The molecule has 1 saturated heterocycles. The largest absolute Gasteiger partial charge is 0.459 e. The highest BCUT2D eigenvalue weighted by molar-refractivity contribution is 5.93. The molecule has 0 spiro atoms. The van der Waals surface area contributed by atoms with Gasteiger partial charge in [-0.15, -0.1) is 5.92 Å². The van der Waals surface area contributed by atoms with Crippen LogP contribution in [0, 0.1) is 11.8 Å². The minimum Gasteiger partial charge on any atom is -0.459 e. The fourth-order valence-corrected chi connectivity index (χ4v) is 3.66. The van der Waals surface area contributed by atoms with Crippen molar-refractivity contribution in [1.82, 2.24) is 9.13 Å². The second-order valence-electron chi connectivity index (χ2n) is 8.10. The normalized spacial score (nSPS) is 19.5. The maximum Gasteiger partial charge on any atom is 0.423 e. The van der Waals surface area contributed by atoms with Gasteiger partial charge in [0.25, 0.3) is 5.56 Å². The maximum absolute atomic E-state index is 13.7. The number of furan rings is 1. The second-order valence-corrected chi connectivity index (χ2v) is 8.10. The van der Waals surface area contributed by atoms with Crippen molar-refractivity contribution in [3.8, 4) is 11.8 Å². The number of rotatable bonds is 10. The molecule has 0 saturated carbocycles. The molecule has 0 radical (unpaired) electrons. The summed E-state index contributed by atoms with van der Waals surface area (Å²) in [5, 5.41) is 0. The number of hydrogen-bond acceptors (Lipinski definition) is 8. The summed E-state index contributed by atoms with van der Waals surface area (Å²) in [4.78, 5) is 38.4. The van der Waals surface area contributed by atoms with Gasteiger partial charge in [-0.3, -0.25) is 14.2 Å². The molecule has 1 aliphatic rings. The summed E-state index contributed by atoms with van der Waals surface area (Å²) in [5.41, 5.74) is -4.85. The van der Waals surface area contributed by atoms with Crippen molar-refractivity contribution in [3.63, 3.8) is 0 Å². The van der Waals surface area contributed by atoms with E-state index in [4.69, 9.17) is 23.4 Å². The lowest BCUT2D eigenvalue weighted by Crippen LogP contribution is -2.47. The Hall–Kier alpha value is -3.18. The van der Waals surface area contributed by atoms with Crippen LogP contribution in [0.5, 0.6) is 0 Å². The fourth-order valence-electron chi connectivity index (χ4n) is 3.66. The molecule has 37 heavy (non-hydrogen) atoms. The molecule has 13 heteroatoms. The lowest BCUT2D eigenvalue weighted by molar-refractivity contribution is -0.140. The summed E-state index contributed by atoms with van der Waals surface area (Å²) < 4.78 is 68.2. The van der Waals surface area contributed by atoms with E-state index in [9.17, 15) is 27.6 Å². The van der Waals surface area contributed by atoms with Crippen LogP contribution < -0.4 is 11.2 Å². The average Bonchev–Trinajstić information content (AvgIpc) is 3.51. The van der Waals surface area contributed by atoms with E-state index in [0.29, 0.717) is 17.2 Å². The lowest BCUT2D eigenvalue weighted by atomic mass is 10.2. The van der Waals surface area contributed by atoms with Crippen molar-refractivity contribution >= 4 is 5.91 Å². The molecule has 1 aliphatic heterocycles. The van der Waals surface area contributed by atoms with E-state index in [1.807, 2.05) is 6.92 Å². The summed E-state index contributed by atoms with van der Waals surface area (Å²) in [6.07, 6.45) is -3.95. The number of halogens is 3. The van der Waals surface area contributed by atoms with Crippen molar-refractivity contribution in [2.24, 2.45) is 0 Å². The van der Waals surface area contributed by atoms with E-state index in [2.05, 4.69) is 11.8 Å². The van der Waals surface area contributed by atoms with Crippen molar-refractivity contribution in [1.29, 1.82) is 0 Å². The maximum atomic E-state index is 13.7. The Morgan fingerprint density at radius 2 is 2.05 bits per heavy atom. The highest BCUT2D eigenvalue weighted by Gasteiger charge is 2.42. The summed E-state index contributed by atoms with van der Waals surface area (Å²) in [7, 11) is 1.41. The van der Waals surface area contributed by atoms with E-state index < -0.39 is 53.1 Å². The quantitative estimate of drug-likeness (QED) is 0.263. The van der Waals surface area contributed by atoms with Gasteiger partial charge in [0.2, 0.25) is 0 Å². The number of methoxy groups -OCH3 is 1. The number of ether oxygens (including phenoxy) is 4. The number of aromatic nitrogens is 2. The third kappa shape index (κ3) is 6.98. The molecular weight excluding hydrogens is 501 g/mol. The summed E-state index contributed by atoms with van der Waals surface area (Å²) in [6.45, 7) is 1.94. The molecule has 3 atom stereocenters. The molecule has 0 N–H and O–H groups in total. The van der Waals surface area contributed by atoms with Gasteiger partial charge in [-0.25, -0.2) is 4.79 Å². The number of nitrogens with zero attached hydrogens (tertiary/aromatic N) is 2. The first-order chi connectivity index (χ1) is 17.7. The van der Waals surface area contributed by atoms with E-state index >= 15 is 0 Å². The highest BCUT2D eigenvalue weighted by atomic mass is 19.4. The first-order valence-corrected chi connectivity index (χ1v) is 11.5. The van der Waals surface area contributed by atoms with Crippen LogP contribution in [-0.2, 0) is 25.1 Å². The van der Waals surface area contributed by atoms with Crippen LogP contribution in [0.3, 0.4) is 0 Å². The van der Waals surface area contributed by atoms with Crippen LogP contribution >= 0.6 is 0 Å². The Bertz CT molecular complexity index is 1220. The average molecular weight is 528 g/mol. The second kappa shape index (κ2) is 12.9. The van der Waals surface area contributed by atoms with Crippen LogP contribution in [0.2, 0.25) is 0 Å². The smallest absolute Gasteiger partial charge is 0.423 e. The number of alkyl halides is 3. The number of carbonyl (C=O) groups excluding carboxylic acids is 1. The highest BCUT2D eigenvalue weighted by Crippen LogP contribution is 2.32. The first-order valence-electron chi connectivity index (χ1n) is 11.5. The van der Waals surface area contributed by atoms with Gasteiger partial charge < -0.3 is 23.4 Å². The van der Waals surface area contributed by atoms with Crippen LogP contribution in [0.1, 0.15) is 55.0 Å². The summed E-state index contributed by atoms with van der Waals surface area (Å²) >= 11 is 0. The van der Waals surface area contributed by atoms with Crippen molar-refractivity contribution in [2.75, 3.05) is 27.1 Å². The Kier molecular flexibility index (Phi) is 9.87. The van der Waals surface area contributed by atoms with Crippen LogP contribution in [-0.4, -0.2) is 54.4 Å². The van der Waals surface area contributed by atoms with Crippen molar-refractivity contribution < 1.29 is 41.3 Å². The Balaban J connectivity index is 1.95. The SMILES string of the molecule is CCCCC#CCO[C@H]1C[C@H](n2cc(C(F)(F)F)c(=O)n(C(=O)c3ccco3)c2=O)O[C@@H]1COCOC. The predicted octanol–water partition coefficient (Wildman–Crippen LogP) is 2.80. The lowest BCUT2D eigenvalue weighted by Gasteiger charge is -2.19. The Labute approximate surface area is 209 Å². The molecule has 0 amide bonds. The van der Waals surface area contributed by atoms with Crippen LogP contribution in [0.4, 0.5) is 13.2 Å². The van der Waals surface area contributed by atoms with Gasteiger partial charge in [0, 0.05) is 26.1 Å². The van der Waals surface area contributed by atoms with E-state index in [1.165, 1.54) is 13.2 Å². The molecule has 0 aromatic carbocycles.